The van der Waals surface area contributed by atoms with Crippen molar-refractivity contribution < 1.29 is 28.3 Å². The van der Waals surface area contributed by atoms with Crippen LogP contribution in [0.15, 0.2) is 72.8 Å². The number of halogens is 2. The largest absolute Gasteiger partial charge is 0.454 e. The number of Topliss-reactive ketones (excluding diaryl/α,β-unsaturated/α-hetero) is 1. The summed E-state index contributed by atoms with van der Waals surface area (Å²) in [5.41, 5.74) is 1.31. The quantitative estimate of drug-likeness (QED) is 0.250. The number of para-hydroxylation sites is 1. The number of nitrogens with zero attached hydrogens (tertiary/aromatic N) is 3. The van der Waals surface area contributed by atoms with Gasteiger partial charge in [-0.15, -0.1) is 0 Å². The second kappa shape index (κ2) is 11.3. The Bertz CT molecular complexity index is 1420. The van der Waals surface area contributed by atoms with Crippen LogP contribution in [0.5, 0.6) is 0 Å². The molecule has 2 saturated heterocycles. The normalized spacial score (nSPS) is 17.9. The number of piperazine rings is 1. The lowest BCUT2D eigenvalue weighted by molar-refractivity contribution is -0.123. The molecule has 2 fully saturated rings. The molecule has 0 aliphatic carbocycles. The molecule has 0 aromatic heterocycles. The molecule has 3 aromatic carbocycles. The van der Waals surface area contributed by atoms with Gasteiger partial charge in [-0.25, -0.2) is 14.1 Å². The molecule has 200 valence electrons. The number of rotatable bonds is 7. The molecule has 39 heavy (non-hydrogen) atoms. The maximum absolute atomic E-state index is 14.2. The first kappa shape index (κ1) is 26.5. The monoisotopic (exact) mass is 549 g/mol. The van der Waals surface area contributed by atoms with Crippen LogP contribution in [-0.2, 0) is 14.3 Å². The minimum atomic E-state index is -0.716. The third-order valence-electron chi connectivity index (χ3n) is 6.94. The molecule has 0 bridgehead atoms. The number of amides is 2. The highest BCUT2D eigenvalue weighted by Crippen LogP contribution is 2.28. The molecule has 10 heteroatoms. The van der Waals surface area contributed by atoms with Crippen molar-refractivity contribution in [3.05, 3.63) is 94.8 Å². The smallest absolute Gasteiger partial charge is 0.338 e. The lowest BCUT2D eigenvalue weighted by Gasteiger charge is -2.38. The van der Waals surface area contributed by atoms with Crippen LogP contribution in [-0.4, -0.2) is 67.3 Å². The van der Waals surface area contributed by atoms with E-state index in [2.05, 4.69) is 0 Å². The van der Waals surface area contributed by atoms with Crippen molar-refractivity contribution >= 4 is 46.5 Å². The Balaban J connectivity index is 1.18. The van der Waals surface area contributed by atoms with E-state index in [0.717, 1.165) is 4.90 Å². The second-order valence-electron chi connectivity index (χ2n) is 9.29. The van der Waals surface area contributed by atoms with Gasteiger partial charge in [-0.3, -0.25) is 19.3 Å². The minimum absolute atomic E-state index is 0.0481. The van der Waals surface area contributed by atoms with Crippen LogP contribution >= 0.6 is 11.6 Å². The predicted molar refractivity (Wildman–Crippen MR) is 144 cm³/mol. The summed E-state index contributed by atoms with van der Waals surface area (Å²) in [5.74, 6) is -2.10. The van der Waals surface area contributed by atoms with E-state index >= 15 is 0 Å². The zero-order chi connectivity index (χ0) is 27.5. The molecule has 1 unspecified atom stereocenters. The van der Waals surface area contributed by atoms with E-state index in [0.29, 0.717) is 37.6 Å². The van der Waals surface area contributed by atoms with Crippen molar-refractivity contribution in [3.8, 4) is 0 Å². The molecule has 0 saturated carbocycles. The van der Waals surface area contributed by atoms with Crippen LogP contribution in [0, 0.1) is 5.82 Å². The van der Waals surface area contributed by atoms with Crippen LogP contribution in [0.3, 0.4) is 0 Å². The number of hydrogen-bond acceptors (Lipinski definition) is 7. The Morgan fingerprint density at radius 3 is 2.26 bits per heavy atom. The summed E-state index contributed by atoms with van der Waals surface area (Å²) in [4.78, 5) is 55.8. The first-order chi connectivity index (χ1) is 18.8. The Labute approximate surface area is 229 Å². The molecule has 2 heterocycles. The lowest BCUT2D eigenvalue weighted by atomic mass is 10.1. The van der Waals surface area contributed by atoms with Crippen LogP contribution in [0.4, 0.5) is 15.8 Å². The van der Waals surface area contributed by atoms with Gasteiger partial charge in [0, 0.05) is 31.7 Å². The van der Waals surface area contributed by atoms with E-state index in [1.54, 1.807) is 42.5 Å². The van der Waals surface area contributed by atoms with Gasteiger partial charge in [0.15, 0.2) is 6.61 Å². The maximum Gasteiger partial charge on any atom is 0.338 e. The molecular formula is C29H25ClFN3O5. The van der Waals surface area contributed by atoms with Gasteiger partial charge in [-0.05, 0) is 48.5 Å². The van der Waals surface area contributed by atoms with E-state index < -0.39 is 24.4 Å². The highest BCUT2D eigenvalue weighted by molar-refractivity contribution is 6.34. The van der Waals surface area contributed by atoms with Gasteiger partial charge in [0.2, 0.25) is 11.7 Å². The zero-order valence-electron chi connectivity index (χ0n) is 20.9. The van der Waals surface area contributed by atoms with Crippen molar-refractivity contribution in [2.24, 2.45) is 0 Å². The number of carbonyl (C=O) groups is 4. The first-order valence-corrected chi connectivity index (χ1v) is 12.9. The standard InChI is InChI=1S/C29H25ClFN3O5/c30-22-6-2-1-5-21(22)26(35)18-39-29(38)19-9-11-20(12-10-19)34-27(36)17-25(28(34)37)33-15-13-32(14-16-33)24-8-4-3-7-23(24)31/h1-12,25H,13-18H2. The van der Waals surface area contributed by atoms with E-state index in [9.17, 15) is 23.6 Å². The summed E-state index contributed by atoms with van der Waals surface area (Å²) in [6, 6.07) is 18.4. The van der Waals surface area contributed by atoms with Gasteiger partial charge in [0.25, 0.3) is 5.91 Å². The molecule has 1 atom stereocenters. The van der Waals surface area contributed by atoms with Crippen molar-refractivity contribution in [1.29, 1.82) is 0 Å². The highest BCUT2D eigenvalue weighted by atomic mass is 35.5. The van der Waals surface area contributed by atoms with Gasteiger partial charge in [0.05, 0.1) is 34.4 Å². The molecule has 3 aromatic rings. The molecule has 2 amide bonds. The van der Waals surface area contributed by atoms with Crippen LogP contribution < -0.4 is 9.80 Å². The van der Waals surface area contributed by atoms with E-state index in [4.69, 9.17) is 16.3 Å². The fourth-order valence-electron chi connectivity index (χ4n) is 4.88. The average molecular weight is 550 g/mol. The van der Waals surface area contributed by atoms with Gasteiger partial charge < -0.3 is 9.64 Å². The molecule has 5 rings (SSSR count). The number of hydrogen-bond donors (Lipinski definition) is 0. The van der Waals surface area contributed by atoms with Crippen LogP contribution in [0.2, 0.25) is 5.02 Å². The number of ether oxygens (including phenoxy) is 1. The molecule has 8 nitrogen and oxygen atoms in total. The van der Waals surface area contributed by atoms with Crippen LogP contribution in [0.25, 0.3) is 0 Å². The summed E-state index contributed by atoms with van der Waals surface area (Å²) in [6.45, 7) is 1.63. The first-order valence-electron chi connectivity index (χ1n) is 12.5. The summed E-state index contributed by atoms with van der Waals surface area (Å²) >= 11 is 6.01. The van der Waals surface area contributed by atoms with E-state index in [1.807, 2.05) is 9.80 Å². The SMILES string of the molecule is O=C(OCC(=O)c1ccccc1Cl)c1ccc(N2C(=O)CC(N3CCN(c4ccccc4F)CC3)C2=O)cc1. The lowest BCUT2D eigenvalue weighted by Crippen LogP contribution is -2.52. The number of imide groups is 1. The Hall–Kier alpha value is -4.08. The molecule has 0 spiro atoms. The van der Waals surface area contributed by atoms with Gasteiger partial charge >= 0.3 is 5.97 Å². The molecule has 2 aliphatic heterocycles. The fourth-order valence-corrected chi connectivity index (χ4v) is 5.12. The average Bonchev–Trinajstić information content (AvgIpc) is 3.25. The van der Waals surface area contributed by atoms with Gasteiger partial charge in [-0.1, -0.05) is 35.9 Å². The van der Waals surface area contributed by atoms with Gasteiger partial charge in [0.1, 0.15) is 5.82 Å². The topological polar surface area (TPSA) is 87.2 Å². The Morgan fingerprint density at radius 1 is 0.897 bits per heavy atom. The van der Waals surface area contributed by atoms with Crippen LogP contribution in [0.1, 0.15) is 27.1 Å². The van der Waals surface area contributed by atoms with Gasteiger partial charge in [-0.2, -0.15) is 0 Å². The molecule has 0 N–H and O–H groups in total. The van der Waals surface area contributed by atoms with E-state index in [1.165, 1.54) is 30.3 Å². The fraction of sp³-hybridized carbons (Fsp3) is 0.241. The summed E-state index contributed by atoms with van der Waals surface area (Å²) in [6.07, 6.45) is 0.0481. The summed E-state index contributed by atoms with van der Waals surface area (Å²) < 4.78 is 19.3. The number of benzene rings is 3. The molecule has 0 radical (unpaired) electrons. The summed E-state index contributed by atoms with van der Waals surface area (Å²) in [5, 5.41) is 0.271. The third kappa shape index (κ3) is 5.55. The predicted octanol–water partition coefficient (Wildman–Crippen LogP) is 3.97. The van der Waals surface area contributed by atoms with E-state index in [-0.39, 0.29) is 40.2 Å². The zero-order valence-corrected chi connectivity index (χ0v) is 21.6. The minimum Gasteiger partial charge on any atom is -0.454 e. The Morgan fingerprint density at radius 2 is 1.56 bits per heavy atom. The third-order valence-corrected chi connectivity index (χ3v) is 7.27. The van der Waals surface area contributed by atoms with Crippen molar-refractivity contribution in [2.75, 3.05) is 42.6 Å². The highest BCUT2D eigenvalue weighted by Gasteiger charge is 2.43. The van der Waals surface area contributed by atoms with Crippen molar-refractivity contribution in [3.63, 3.8) is 0 Å². The summed E-state index contributed by atoms with van der Waals surface area (Å²) in [7, 11) is 0. The number of anilines is 2. The maximum atomic E-state index is 14.2. The number of ketones is 1. The number of carbonyl (C=O) groups excluding carboxylic acids is 4. The number of esters is 1. The Kier molecular flexibility index (Phi) is 7.72. The molecular weight excluding hydrogens is 525 g/mol. The molecule has 2 aliphatic rings. The van der Waals surface area contributed by atoms with Crippen molar-refractivity contribution in [2.45, 2.75) is 12.5 Å². The van der Waals surface area contributed by atoms with Crippen molar-refractivity contribution in [1.82, 2.24) is 4.90 Å². The second-order valence-corrected chi connectivity index (χ2v) is 9.69.